The van der Waals surface area contributed by atoms with Crippen molar-refractivity contribution >= 4 is 49.0 Å². The van der Waals surface area contributed by atoms with E-state index in [-0.39, 0.29) is 0 Å². The zero-order chi connectivity index (χ0) is 31.6. The van der Waals surface area contributed by atoms with Crippen LogP contribution in [0.15, 0.2) is 176 Å². The van der Waals surface area contributed by atoms with Gasteiger partial charge in [-0.15, -0.1) is 0 Å². The van der Waals surface area contributed by atoms with Crippen LogP contribution in [0.5, 0.6) is 0 Å². The van der Waals surface area contributed by atoms with Crippen molar-refractivity contribution in [2.75, 3.05) is 0 Å². The summed E-state index contributed by atoms with van der Waals surface area (Å²) in [6.45, 7) is 0. The normalized spacial score (nSPS) is 11.8. The number of aromatic nitrogens is 3. The van der Waals surface area contributed by atoms with Gasteiger partial charge >= 0.3 is 0 Å². The fourth-order valence-electron chi connectivity index (χ4n) is 7.59. The zero-order valence-electron chi connectivity index (χ0n) is 26.1. The van der Waals surface area contributed by atoms with Crippen LogP contribution in [-0.4, -0.2) is 14.0 Å². The van der Waals surface area contributed by atoms with Crippen molar-refractivity contribution < 1.29 is 0 Å². The van der Waals surface area contributed by atoms with Gasteiger partial charge in [-0.05, 0) is 40.8 Å². The van der Waals surface area contributed by atoms with Crippen LogP contribution in [0.3, 0.4) is 0 Å². The van der Waals surface area contributed by atoms with Crippen LogP contribution >= 0.6 is 0 Å². The van der Waals surface area contributed by atoms with Crippen molar-refractivity contribution in [2.45, 2.75) is 0 Å². The predicted molar refractivity (Wildman–Crippen MR) is 201 cm³/mol. The molecule has 0 aliphatic rings. The van der Waals surface area contributed by atoms with Crippen LogP contribution < -0.4 is 0 Å². The lowest BCUT2D eigenvalue weighted by molar-refractivity contribution is 1.18. The third-order valence-electron chi connectivity index (χ3n) is 9.68. The molecule has 0 unspecified atom stereocenters. The molecule has 0 amide bonds. The molecule has 0 saturated carbocycles. The van der Waals surface area contributed by atoms with Gasteiger partial charge in [-0.3, -0.25) is 4.40 Å². The largest absolute Gasteiger partial charge is 0.309 e. The van der Waals surface area contributed by atoms with E-state index in [1.807, 2.05) is 0 Å². The maximum atomic E-state index is 5.50. The summed E-state index contributed by atoms with van der Waals surface area (Å²) in [6, 6.07) is 63.0. The van der Waals surface area contributed by atoms with E-state index in [0.717, 1.165) is 39.4 Å². The number of pyridine rings is 1. The Labute approximate surface area is 277 Å². The average molecular weight is 612 g/mol. The number of fused-ring (bicyclic) bond motifs is 10. The molecular weight excluding hydrogens is 583 g/mol. The average Bonchev–Trinajstić information content (AvgIpc) is 3.73. The highest BCUT2D eigenvalue weighted by Crippen LogP contribution is 2.45. The molecule has 7 aromatic carbocycles. The van der Waals surface area contributed by atoms with E-state index in [9.17, 15) is 0 Å². The molecule has 0 bridgehead atoms. The first kappa shape index (κ1) is 26.7. The summed E-state index contributed by atoms with van der Waals surface area (Å²) in [7, 11) is 0. The number of benzene rings is 7. The molecule has 0 spiro atoms. The van der Waals surface area contributed by atoms with Crippen LogP contribution in [0.25, 0.3) is 88.5 Å². The molecule has 0 radical (unpaired) electrons. The maximum Gasteiger partial charge on any atom is 0.145 e. The van der Waals surface area contributed by atoms with Crippen LogP contribution in [0.1, 0.15) is 0 Å². The lowest BCUT2D eigenvalue weighted by Crippen LogP contribution is -1.98. The van der Waals surface area contributed by atoms with Gasteiger partial charge in [0.1, 0.15) is 5.82 Å². The Morgan fingerprint density at radius 1 is 0.375 bits per heavy atom. The van der Waals surface area contributed by atoms with Crippen LogP contribution in [0, 0.1) is 0 Å². The van der Waals surface area contributed by atoms with E-state index in [2.05, 4.69) is 185 Å². The topological polar surface area (TPSA) is 22.2 Å². The molecule has 3 heterocycles. The van der Waals surface area contributed by atoms with Gasteiger partial charge in [-0.25, -0.2) is 4.98 Å². The molecule has 3 aromatic heterocycles. The van der Waals surface area contributed by atoms with Gasteiger partial charge in [-0.2, -0.15) is 0 Å². The molecule has 48 heavy (non-hydrogen) atoms. The van der Waals surface area contributed by atoms with Crippen LogP contribution in [-0.2, 0) is 0 Å². The smallest absolute Gasteiger partial charge is 0.145 e. The molecule has 0 aliphatic carbocycles. The van der Waals surface area contributed by atoms with Crippen molar-refractivity contribution in [3.8, 4) is 39.5 Å². The highest BCUT2D eigenvalue weighted by Gasteiger charge is 2.24. The van der Waals surface area contributed by atoms with Crippen molar-refractivity contribution in [3.05, 3.63) is 176 Å². The van der Waals surface area contributed by atoms with Gasteiger partial charge in [0.25, 0.3) is 0 Å². The quantitative estimate of drug-likeness (QED) is 0.182. The molecular formula is C45H29N3. The summed E-state index contributed by atoms with van der Waals surface area (Å²) in [5.41, 5.74) is 11.3. The molecule has 0 atom stereocenters. The Hall–Kier alpha value is -6.45. The molecule has 3 heteroatoms. The maximum absolute atomic E-state index is 5.50. The Morgan fingerprint density at radius 3 is 1.67 bits per heavy atom. The summed E-state index contributed by atoms with van der Waals surface area (Å²) in [4.78, 5) is 5.50. The highest BCUT2D eigenvalue weighted by molar-refractivity contribution is 6.28. The first-order chi connectivity index (χ1) is 23.8. The van der Waals surface area contributed by atoms with Crippen molar-refractivity contribution in [3.63, 3.8) is 0 Å². The minimum Gasteiger partial charge on any atom is -0.309 e. The Balaban J connectivity index is 1.48. The van der Waals surface area contributed by atoms with Crippen molar-refractivity contribution in [1.29, 1.82) is 0 Å². The lowest BCUT2D eigenvalue weighted by Gasteiger charge is -2.15. The fraction of sp³-hybridized carbons (Fsp3) is 0. The van der Waals surface area contributed by atoms with Crippen LogP contribution in [0.4, 0.5) is 0 Å². The van der Waals surface area contributed by atoms with Crippen LogP contribution in [0.2, 0.25) is 0 Å². The van der Waals surface area contributed by atoms with E-state index < -0.39 is 0 Å². The molecule has 10 rings (SSSR count). The highest BCUT2D eigenvalue weighted by atomic mass is 15.0. The Kier molecular flexibility index (Phi) is 5.87. The summed E-state index contributed by atoms with van der Waals surface area (Å²) in [5, 5.41) is 6.06. The van der Waals surface area contributed by atoms with Gasteiger partial charge in [0.05, 0.1) is 27.8 Å². The van der Waals surface area contributed by atoms with Gasteiger partial charge in [0, 0.05) is 38.4 Å². The number of imidazole rings is 1. The second-order valence-electron chi connectivity index (χ2n) is 12.4. The number of rotatable bonds is 4. The third kappa shape index (κ3) is 3.91. The minimum absolute atomic E-state index is 0.938. The predicted octanol–water partition coefficient (Wildman–Crippen LogP) is 11.7. The summed E-state index contributed by atoms with van der Waals surface area (Å²) >= 11 is 0. The molecule has 3 nitrogen and oxygen atoms in total. The standard InChI is InChI=1S/C45H29N3/c1-5-15-30(16-6-1)33-25-26-36-38-28-27-37-35-23-13-14-24-39(35)48-44(41(37)43(38)47(40(36)29-33)34-21-11-4-12-22-34)42(31-17-7-2-8-18-31)46-45(48)32-19-9-3-10-20-32/h1-29H. The molecule has 0 saturated heterocycles. The van der Waals surface area contributed by atoms with Gasteiger partial charge in [-0.1, -0.05) is 152 Å². The number of hydrogen-bond donors (Lipinski definition) is 0. The van der Waals surface area contributed by atoms with Gasteiger partial charge < -0.3 is 4.57 Å². The first-order valence-corrected chi connectivity index (χ1v) is 16.4. The van der Waals surface area contributed by atoms with E-state index >= 15 is 0 Å². The summed E-state index contributed by atoms with van der Waals surface area (Å²) in [5.74, 6) is 0.938. The van der Waals surface area contributed by atoms with Crippen molar-refractivity contribution in [2.24, 2.45) is 0 Å². The van der Waals surface area contributed by atoms with E-state index in [4.69, 9.17) is 4.98 Å². The second kappa shape index (κ2) is 10.5. The number of para-hydroxylation sites is 2. The molecule has 10 aromatic rings. The minimum atomic E-state index is 0.938. The SMILES string of the molecule is c1ccc(-c2ccc3c4ccc5c6ccccc6n6c(-c7ccccc7)nc(-c7ccccc7)c6c5c4n(-c4ccccc4)c3c2)cc1. The third-order valence-corrected chi connectivity index (χ3v) is 9.68. The monoisotopic (exact) mass is 611 g/mol. The fourth-order valence-corrected chi connectivity index (χ4v) is 7.59. The first-order valence-electron chi connectivity index (χ1n) is 16.4. The van der Waals surface area contributed by atoms with Crippen molar-refractivity contribution in [1.82, 2.24) is 14.0 Å². The summed E-state index contributed by atoms with van der Waals surface area (Å²) in [6.07, 6.45) is 0. The molecule has 0 fully saturated rings. The lowest BCUT2D eigenvalue weighted by atomic mass is 9.98. The van der Waals surface area contributed by atoms with E-state index in [1.54, 1.807) is 0 Å². The van der Waals surface area contributed by atoms with E-state index in [0.29, 0.717) is 0 Å². The second-order valence-corrected chi connectivity index (χ2v) is 12.4. The molecule has 0 N–H and O–H groups in total. The number of nitrogens with zero attached hydrogens (tertiary/aromatic N) is 3. The zero-order valence-corrected chi connectivity index (χ0v) is 26.1. The van der Waals surface area contributed by atoms with Gasteiger partial charge in [0.15, 0.2) is 0 Å². The Bertz CT molecular complexity index is 2800. The molecule has 224 valence electrons. The molecule has 0 aliphatic heterocycles. The number of hydrogen-bond acceptors (Lipinski definition) is 1. The Morgan fingerprint density at radius 2 is 0.938 bits per heavy atom. The summed E-state index contributed by atoms with van der Waals surface area (Å²) < 4.78 is 4.87. The van der Waals surface area contributed by atoms with Gasteiger partial charge in [0.2, 0.25) is 0 Å². The van der Waals surface area contributed by atoms with E-state index in [1.165, 1.54) is 49.1 Å².